The number of ether oxygens (including phenoxy) is 1. The molecule has 11 nitrogen and oxygen atoms in total. The van der Waals surface area contributed by atoms with E-state index in [-0.39, 0.29) is 16.9 Å². The number of rotatable bonds is 4. The van der Waals surface area contributed by atoms with Crippen LogP contribution in [0.5, 0.6) is 5.88 Å². The normalized spacial score (nSPS) is 10.4. The summed E-state index contributed by atoms with van der Waals surface area (Å²) in [7, 11) is 1.57. The summed E-state index contributed by atoms with van der Waals surface area (Å²) in [5.41, 5.74) is 13.9. The molecular formula is C31H26N8O3. The van der Waals surface area contributed by atoms with Gasteiger partial charge in [0.25, 0.3) is 11.5 Å². The maximum atomic E-state index is 13.5. The fourth-order valence-electron chi connectivity index (χ4n) is 4.32. The molecule has 4 heterocycles. The highest BCUT2D eigenvalue weighted by molar-refractivity contribution is 6.03. The Labute approximate surface area is 240 Å². The number of fused-ring (bicyclic) bond motifs is 2. The van der Waals surface area contributed by atoms with Gasteiger partial charge >= 0.3 is 0 Å². The summed E-state index contributed by atoms with van der Waals surface area (Å²) < 4.78 is 8.15. The second kappa shape index (κ2) is 12.0. The van der Waals surface area contributed by atoms with Crippen LogP contribution in [-0.4, -0.2) is 42.2 Å². The van der Waals surface area contributed by atoms with Gasteiger partial charge < -0.3 is 16.2 Å². The minimum atomic E-state index is -0.619. The van der Waals surface area contributed by atoms with Crippen molar-refractivity contribution >= 4 is 28.3 Å². The first-order chi connectivity index (χ1) is 20.4. The molecular weight excluding hydrogens is 532 g/mol. The number of carbonyl (C=O) groups is 1. The van der Waals surface area contributed by atoms with Gasteiger partial charge in [0.15, 0.2) is 11.5 Å². The predicted molar refractivity (Wildman–Crippen MR) is 159 cm³/mol. The molecule has 0 radical (unpaired) electrons. The number of pyridine rings is 1. The summed E-state index contributed by atoms with van der Waals surface area (Å²) in [6.07, 6.45) is 5.48. The topological polar surface area (TPSA) is 156 Å². The zero-order valence-corrected chi connectivity index (χ0v) is 22.9. The number of methoxy groups -OCH3 is 1. The van der Waals surface area contributed by atoms with Crippen LogP contribution in [0.4, 0.5) is 5.82 Å². The maximum absolute atomic E-state index is 13.5. The van der Waals surface area contributed by atoms with E-state index >= 15 is 0 Å². The number of anilines is 1. The number of primary amides is 1. The average Bonchev–Trinajstić information content (AvgIpc) is 3.36. The number of nitrogen functional groups attached to an aromatic ring is 1. The number of para-hydroxylation sites is 1. The Balaban J connectivity index is 0.000000226. The third-order valence-corrected chi connectivity index (χ3v) is 6.25. The molecule has 208 valence electrons. The molecule has 0 spiro atoms. The molecule has 42 heavy (non-hydrogen) atoms. The van der Waals surface area contributed by atoms with Gasteiger partial charge in [-0.1, -0.05) is 43.0 Å². The van der Waals surface area contributed by atoms with Crippen LogP contribution in [0.15, 0.2) is 90.1 Å². The molecule has 0 unspecified atom stereocenters. The van der Waals surface area contributed by atoms with Crippen LogP contribution in [0.1, 0.15) is 34.2 Å². The molecule has 4 N–H and O–H groups in total. The van der Waals surface area contributed by atoms with Crippen molar-refractivity contribution in [3.8, 4) is 23.4 Å². The highest BCUT2D eigenvalue weighted by Gasteiger charge is 2.16. The molecule has 0 aliphatic rings. The van der Waals surface area contributed by atoms with E-state index in [9.17, 15) is 9.59 Å². The van der Waals surface area contributed by atoms with Gasteiger partial charge in [-0.3, -0.25) is 14.2 Å². The van der Waals surface area contributed by atoms with Gasteiger partial charge in [0, 0.05) is 42.2 Å². The van der Waals surface area contributed by atoms with Crippen LogP contribution >= 0.6 is 0 Å². The number of nitrogens with two attached hydrogens (primary N) is 2. The maximum Gasteiger partial charge on any atom is 0.267 e. The average molecular weight is 559 g/mol. The molecule has 11 heteroatoms. The van der Waals surface area contributed by atoms with Crippen molar-refractivity contribution in [1.29, 1.82) is 0 Å². The minimum absolute atomic E-state index is 0.103. The van der Waals surface area contributed by atoms with E-state index < -0.39 is 5.91 Å². The number of nitrogens with zero attached hydrogens (tertiary/aromatic N) is 6. The van der Waals surface area contributed by atoms with Crippen LogP contribution in [0.25, 0.3) is 22.2 Å². The Morgan fingerprint density at radius 1 is 1.00 bits per heavy atom. The lowest BCUT2D eigenvalue weighted by Gasteiger charge is -2.13. The van der Waals surface area contributed by atoms with Crippen LogP contribution in [-0.2, 0) is 6.42 Å². The fraction of sp³-hybridized carbons (Fsp3) is 0.0968. The van der Waals surface area contributed by atoms with E-state index in [0.29, 0.717) is 34.4 Å². The molecule has 0 saturated carbocycles. The smallest absolute Gasteiger partial charge is 0.267 e. The van der Waals surface area contributed by atoms with Crippen molar-refractivity contribution in [2.75, 3.05) is 12.8 Å². The molecule has 0 bridgehead atoms. The van der Waals surface area contributed by atoms with Gasteiger partial charge in [0.1, 0.15) is 11.4 Å². The number of aryl methyl sites for hydroxylation is 1. The van der Waals surface area contributed by atoms with E-state index in [1.54, 1.807) is 42.4 Å². The zero-order chi connectivity index (χ0) is 29.6. The molecule has 0 atom stereocenters. The van der Waals surface area contributed by atoms with Crippen LogP contribution in [0.3, 0.4) is 0 Å². The van der Waals surface area contributed by atoms with Gasteiger partial charge in [-0.15, -0.1) is 5.10 Å². The van der Waals surface area contributed by atoms with Crippen molar-refractivity contribution in [2.24, 2.45) is 5.73 Å². The first kappa shape index (κ1) is 27.5. The Morgan fingerprint density at radius 2 is 1.81 bits per heavy atom. The van der Waals surface area contributed by atoms with E-state index in [1.165, 1.54) is 4.52 Å². The van der Waals surface area contributed by atoms with Crippen molar-refractivity contribution in [3.05, 3.63) is 118 Å². The van der Waals surface area contributed by atoms with E-state index in [1.807, 2.05) is 61.5 Å². The largest absolute Gasteiger partial charge is 0.481 e. The number of benzene rings is 2. The molecule has 2 aromatic carbocycles. The molecule has 0 fully saturated rings. The third-order valence-electron chi connectivity index (χ3n) is 6.25. The van der Waals surface area contributed by atoms with Crippen LogP contribution < -0.4 is 21.8 Å². The number of carbonyl (C=O) groups excluding carboxylic acids is 1. The summed E-state index contributed by atoms with van der Waals surface area (Å²) in [6, 6.07) is 20.4. The Hall–Kier alpha value is -6.02. The Morgan fingerprint density at radius 3 is 2.50 bits per heavy atom. The Bertz CT molecular complexity index is 2020. The van der Waals surface area contributed by atoms with Crippen molar-refractivity contribution < 1.29 is 9.53 Å². The van der Waals surface area contributed by atoms with Gasteiger partial charge in [-0.25, -0.2) is 19.5 Å². The molecule has 1 amide bonds. The third kappa shape index (κ3) is 5.50. The number of hydrogen-bond donors (Lipinski definition) is 2. The summed E-state index contributed by atoms with van der Waals surface area (Å²) >= 11 is 0. The summed E-state index contributed by atoms with van der Waals surface area (Å²) in [6.45, 7) is 1.99. The molecule has 0 aliphatic carbocycles. The SMILES string of the molecule is CCc1nc2cccc(C#Cc3ccc(OC)nc3)c2c(=O)n1-c1ccccc1.NC(=O)c1c(N)nn2cccnc12. The fourth-order valence-corrected chi connectivity index (χ4v) is 4.32. The molecule has 0 saturated heterocycles. The van der Waals surface area contributed by atoms with Crippen molar-refractivity contribution in [3.63, 3.8) is 0 Å². The first-order valence-corrected chi connectivity index (χ1v) is 12.9. The molecule has 0 aliphatic heterocycles. The predicted octanol–water partition coefficient (Wildman–Crippen LogP) is 3.16. The highest BCUT2D eigenvalue weighted by Crippen LogP contribution is 2.17. The van der Waals surface area contributed by atoms with E-state index in [4.69, 9.17) is 21.2 Å². The standard InChI is InChI=1S/C24H19N3O2.C7H7N5O/c1-3-21-26-20-11-7-8-18(14-12-17-13-15-22(29-2)25-16-17)23(20)24(28)27(21)19-9-5-4-6-10-19;8-5-4(6(9)13)7-10-2-1-3-12(7)11-5/h4-11,13,15-16H,3H2,1-2H3;1-3H,(H2,8,11)(H2,9,13). The molecule has 6 rings (SSSR count). The summed E-state index contributed by atoms with van der Waals surface area (Å²) in [5, 5.41) is 4.38. The van der Waals surface area contributed by atoms with Crippen LogP contribution in [0, 0.1) is 11.8 Å². The second-order valence-electron chi connectivity index (χ2n) is 8.91. The highest BCUT2D eigenvalue weighted by atomic mass is 16.5. The lowest BCUT2D eigenvalue weighted by atomic mass is 10.1. The number of hydrogen-bond acceptors (Lipinski definition) is 8. The van der Waals surface area contributed by atoms with Crippen molar-refractivity contribution in [1.82, 2.24) is 29.1 Å². The summed E-state index contributed by atoms with van der Waals surface area (Å²) in [5.74, 6) is 6.92. The second-order valence-corrected chi connectivity index (χ2v) is 8.91. The zero-order valence-electron chi connectivity index (χ0n) is 22.9. The molecule has 6 aromatic rings. The number of aromatic nitrogens is 6. The van der Waals surface area contributed by atoms with Gasteiger partial charge in [0.05, 0.1) is 23.7 Å². The number of amides is 1. The van der Waals surface area contributed by atoms with Crippen LogP contribution in [0.2, 0.25) is 0 Å². The summed E-state index contributed by atoms with van der Waals surface area (Å²) in [4.78, 5) is 37.2. The van der Waals surface area contributed by atoms with Gasteiger partial charge in [-0.2, -0.15) is 0 Å². The quantitative estimate of drug-likeness (QED) is 0.313. The van der Waals surface area contributed by atoms with E-state index in [0.717, 1.165) is 17.1 Å². The first-order valence-electron chi connectivity index (χ1n) is 12.9. The molecule has 4 aromatic heterocycles. The lowest BCUT2D eigenvalue weighted by molar-refractivity contribution is 0.100. The van der Waals surface area contributed by atoms with Gasteiger partial charge in [-0.05, 0) is 36.4 Å². The lowest BCUT2D eigenvalue weighted by Crippen LogP contribution is -2.24. The van der Waals surface area contributed by atoms with Gasteiger partial charge in [0.2, 0.25) is 5.88 Å². The monoisotopic (exact) mass is 558 g/mol. The minimum Gasteiger partial charge on any atom is -0.481 e. The Kier molecular flexibility index (Phi) is 7.88. The van der Waals surface area contributed by atoms with E-state index in [2.05, 4.69) is 26.9 Å². The van der Waals surface area contributed by atoms with Crippen molar-refractivity contribution in [2.45, 2.75) is 13.3 Å².